The van der Waals surface area contributed by atoms with Gasteiger partial charge >= 0.3 is 5.97 Å². The van der Waals surface area contributed by atoms with Crippen molar-refractivity contribution in [2.24, 2.45) is 5.92 Å². The maximum absolute atomic E-state index is 11.3. The number of anilines is 1. The summed E-state index contributed by atoms with van der Waals surface area (Å²) in [5, 5.41) is 6.18. The predicted molar refractivity (Wildman–Crippen MR) is 76.4 cm³/mol. The molecule has 1 unspecified atom stereocenters. The van der Waals surface area contributed by atoms with E-state index in [1.54, 1.807) is 11.3 Å². The number of nitrogens with zero attached hydrogens (tertiary/aromatic N) is 1. The van der Waals surface area contributed by atoms with Crippen molar-refractivity contribution in [3.63, 3.8) is 0 Å². The SMILES string of the molecule is CCOC(=O)Cc1csc(NCC2CCSC2)n1. The number of esters is 1. The van der Waals surface area contributed by atoms with E-state index in [2.05, 4.69) is 10.3 Å². The second kappa shape index (κ2) is 6.99. The van der Waals surface area contributed by atoms with E-state index in [0.717, 1.165) is 23.3 Å². The van der Waals surface area contributed by atoms with Gasteiger partial charge in [-0.2, -0.15) is 11.8 Å². The molecule has 0 radical (unpaired) electrons. The van der Waals surface area contributed by atoms with Crippen LogP contribution in [-0.4, -0.2) is 35.6 Å². The third-order valence-electron chi connectivity index (χ3n) is 2.75. The lowest BCUT2D eigenvalue weighted by Gasteiger charge is -2.08. The number of carbonyl (C=O) groups excluding carboxylic acids is 1. The van der Waals surface area contributed by atoms with Crippen molar-refractivity contribution in [2.75, 3.05) is 30.0 Å². The summed E-state index contributed by atoms with van der Waals surface area (Å²) in [5.41, 5.74) is 0.793. The summed E-state index contributed by atoms with van der Waals surface area (Å²) < 4.78 is 4.90. The Morgan fingerprint density at radius 2 is 2.56 bits per heavy atom. The Kier molecular flexibility index (Phi) is 5.31. The van der Waals surface area contributed by atoms with Crippen LogP contribution in [0.1, 0.15) is 19.0 Å². The van der Waals surface area contributed by atoms with Gasteiger partial charge in [0.05, 0.1) is 18.7 Å². The average molecular weight is 286 g/mol. The van der Waals surface area contributed by atoms with Crippen molar-refractivity contribution in [3.05, 3.63) is 11.1 Å². The lowest BCUT2D eigenvalue weighted by molar-refractivity contribution is -0.142. The molecule has 0 aliphatic carbocycles. The molecule has 2 rings (SSSR count). The minimum Gasteiger partial charge on any atom is -0.466 e. The van der Waals surface area contributed by atoms with Crippen molar-refractivity contribution >= 4 is 34.2 Å². The lowest BCUT2D eigenvalue weighted by atomic mass is 10.1. The second-order valence-electron chi connectivity index (χ2n) is 4.24. The molecule has 6 heteroatoms. The van der Waals surface area contributed by atoms with E-state index in [4.69, 9.17) is 4.74 Å². The highest BCUT2D eigenvalue weighted by molar-refractivity contribution is 7.99. The maximum Gasteiger partial charge on any atom is 0.311 e. The predicted octanol–water partition coefficient (Wildman–Crippen LogP) is 2.41. The molecule has 4 nitrogen and oxygen atoms in total. The van der Waals surface area contributed by atoms with E-state index in [-0.39, 0.29) is 12.4 Å². The lowest BCUT2D eigenvalue weighted by Crippen LogP contribution is -2.13. The van der Waals surface area contributed by atoms with E-state index in [0.29, 0.717) is 6.61 Å². The number of hydrogen-bond acceptors (Lipinski definition) is 6. The molecule has 1 saturated heterocycles. The zero-order valence-electron chi connectivity index (χ0n) is 10.5. The molecule has 0 aromatic carbocycles. The van der Waals surface area contributed by atoms with E-state index < -0.39 is 0 Å². The van der Waals surface area contributed by atoms with Crippen molar-refractivity contribution in [3.8, 4) is 0 Å². The molecule has 1 N–H and O–H groups in total. The van der Waals surface area contributed by atoms with Crippen LogP contribution < -0.4 is 5.32 Å². The molecule has 0 spiro atoms. The Morgan fingerprint density at radius 3 is 3.28 bits per heavy atom. The van der Waals surface area contributed by atoms with E-state index in [9.17, 15) is 4.79 Å². The van der Waals surface area contributed by atoms with E-state index >= 15 is 0 Å². The first-order chi connectivity index (χ1) is 8.78. The third kappa shape index (κ3) is 4.17. The van der Waals surface area contributed by atoms with Crippen LogP contribution in [-0.2, 0) is 16.0 Å². The summed E-state index contributed by atoms with van der Waals surface area (Å²) in [7, 11) is 0. The van der Waals surface area contributed by atoms with Crippen LogP contribution in [0.4, 0.5) is 5.13 Å². The normalized spacial score (nSPS) is 18.8. The maximum atomic E-state index is 11.3. The molecule has 2 heterocycles. The van der Waals surface area contributed by atoms with Crippen molar-refractivity contribution in [1.82, 2.24) is 4.98 Å². The van der Waals surface area contributed by atoms with Crippen LogP contribution in [0.15, 0.2) is 5.38 Å². The molecule has 0 saturated carbocycles. The largest absolute Gasteiger partial charge is 0.466 e. The smallest absolute Gasteiger partial charge is 0.311 e. The number of aromatic nitrogens is 1. The fourth-order valence-electron chi connectivity index (χ4n) is 1.81. The first-order valence-corrected chi connectivity index (χ1v) is 8.23. The van der Waals surface area contributed by atoms with Gasteiger partial charge in [0.2, 0.25) is 0 Å². The molecule has 1 aliphatic rings. The summed E-state index contributed by atoms with van der Waals surface area (Å²) in [6, 6.07) is 0. The highest BCUT2D eigenvalue weighted by atomic mass is 32.2. The Bertz CT molecular complexity index is 389. The van der Waals surface area contributed by atoms with Gasteiger partial charge in [-0.3, -0.25) is 4.79 Å². The first-order valence-electron chi connectivity index (χ1n) is 6.19. The quantitative estimate of drug-likeness (QED) is 0.814. The third-order valence-corrected chi connectivity index (χ3v) is 4.83. The van der Waals surface area contributed by atoms with Crippen LogP contribution in [0.2, 0.25) is 0 Å². The van der Waals surface area contributed by atoms with Gasteiger partial charge < -0.3 is 10.1 Å². The number of hydrogen-bond donors (Lipinski definition) is 1. The van der Waals surface area contributed by atoms with Crippen molar-refractivity contribution < 1.29 is 9.53 Å². The van der Waals surface area contributed by atoms with Gasteiger partial charge in [-0.15, -0.1) is 11.3 Å². The van der Waals surface area contributed by atoms with E-state index in [1.165, 1.54) is 17.9 Å². The number of ether oxygens (including phenoxy) is 1. The molecule has 100 valence electrons. The number of nitrogens with one attached hydrogen (secondary N) is 1. The topological polar surface area (TPSA) is 51.2 Å². The van der Waals surface area contributed by atoms with Crippen LogP contribution in [0.5, 0.6) is 0 Å². The number of thiazole rings is 1. The minimum atomic E-state index is -0.207. The number of rotatable bonds is 6. The van der Waals surface area contributed by atoms with Gasteiger partial charge in [-0.25, -0.2) is 4.98 Å². The molecule has 18 heavy (non-hydrogen) atoms. The molecular formula is C12H18N2O2S2. The summed E-state index contributed by atoms with van der Waals surface area (Å²) in [5.74, 6) is 3.07. The molecular weight excluding hydrogens is 268 g/mol. The molecule has 1 fully saturated rings. The number of thioether (sulfide) groups is 1. The average Bonchev–Trinajstić information content (AvgIpc) is 2.97. The van der Waals surface area contributed by atoms with Gasteiger partial charge in [0.15, 0.2) is 5.13 Å². The van der Waals surface area contributed by atoms with Gasteiger partial charge in [-0.1, -0.05) is 0 Å². The van der Waals surface area contributed by atoms with Crippen molar-refractivity contribution in [1.29, 1.82) is 0 Å². The Morgan fingerprint density at radius 1 is 1.67 bits per heavy atom. The Balaban J connectivity index is 1.76. The van der Waals surface area contributed by atoms with Gasteiger partial charge in [0.1, 0.15) is 0 Å². The number of carbonyl (C=O) groups is 1. The highest BCUT2D eigenvalue weighted by Gasteiger charge is 2.15. The zero-order chi connectivity index (χ0) is 12.8. The van der Waals surface area contributed by atoms with E-state index in [1.807, 2.05) is 24.1 Å². The zero-order valence-corrected chi connectivity index (χ0v) is 12.1. The summed E-state index contributed by atoms with van der Waals surface area (Å²) in [6.07, 6.45) is 1.56. The molecule has 1 aliphatic heterocycles. The minimum absolute atomic E-state index is 0.207. The van der Waals surface area contributed by atoms with Crippen LogP contribution in [0.3, 0.4) is 0 Å². The van der Waals surface area contributed by atoms with Gasteiger partial charge in [0, 0.05) is 11.9 Å². The molecule has 0 amide bonds. The molecule has 1 aromatic rings. The highest BCUT2D eigenvalue weighted by Crippen LogP contribution is 2.24. The molecule has 0 bridgehead atoms. The fraction of sp³-hybridized carbons (Fsp3) is 0.667. The van der Waals surface area contributed by atoms with Crippen LogP contribution >= 0.6 is 23.1 Å². The van der Waals surface area contributed by atoms with Gasteiger partial charge in [0.25, 0.3) is 0 Å². The first kappa shape index (κ1) is 13.7. The van der Waals surface area contributed by atoms with Gasteiger partial charge in [-0.05, 0) is 30.8 Å². The fourth-order valence-corrected chi connectivity index (χ4v) is 3.81. The monoisotopic (exact) mass is 286 g/mol. The van der Waals surface area contributed by atoms with Crippen molar-refractivity contribution in [2.45, 2.75) is 19.8 Å². The summed E-state index contributed by atoms with van der Waals surface area (Å²) in [6.45, 7) is 3.22. The Hall–Kier alpha value is -0.750. The van der Waals surface area contributed by atoms with Crippen LogP contribution in [0.25, 0.3) is 0 Å². The molecule has 1 atom stereocenters. The Labute approximate surface area is 116 Å². The molecule has 1 aromatic heterocycles. The summed E-state index contributed by atoms with van der Waals surface area (Å²) >= 11 is 3.57. The summed E-state index contributed by atoms with van der Waals surface area (Å²) in [4.78, 5) is 15.7. The standard InChI is InChI=1S/C12H18N2O2S2/c1-2-16-11(15)5-10-8-18-12(14-10)13-6-9-3-4-17-7-9/h8-9H,2-7H2,1H3,(H,13,14). The van der Waals surface area contributed by atoms with Crippen LogP contribution in [0, 0.1) is 5.92 Å². The second-order valence-corrected chi connectivity index (χ2v) is 6.24.